The lowest BCUT2D eigenvalue weighted by atomic mass is 9.96. The largest absolute Gasteiger partial charge is 0.481 e. The van der Waals surface area contributed by atoms with Crippen LogP contribution >= 0.6 is 0 Å². The topological polar surface area (TPSA) is 74.8 Å². The number of pyridine rings is 1. The summed E-state index contributed by atoms with van der Waals surface area (Å²) in [6.07, 6.45) is 5.86. The summed E-state index contributed by atoms with van der Waals surface area (Å²) in [5.41, 5.74) is 1.10. The zero-order valence-electron chi connectivity index (χ0n) is 16.6. The van der Waals surface area contributed by atoms with E-state index in [1.54, 1.807) is 24.3 Å². The summed E-state index contributed by atoms with van der Waals surface area (Å²) < 4.78 is 5.33. The second kappa shape index (κ2) is 9.68. The van der Waals surface area contributed by atoms with E-state index in [0.29, 0.717) is 37.9 Å². The fourth-order valence-corrected chi connectivity index (χ4v) is 3.99. The van der Waals surface area contributed by atoms with E-state index in [0.717, 1.165) is 38.0 Å². The van der Waals surface area contributed by atoms with Crippen LogP contribution in [0.4, 0.5) is 0 Å². The van der Waals surface area contributed by atoms with Crippen molar-refractivity contribution in [3.05, 3.63) is 36.5 Å². The molecule has 7 nitrogen and oxygen atoms in total. The Morgan fingerprint density at radius 2 is 2.21 bits per heavy atom. The maximum Gasteiger partial charge on any atom is 0.225 e. The number of nitrogens with one attached hydrogen (secondary N) is 1. The molecule has 2 amide bonds. The maximum atomic E-state index is 12.4. The predicted octanol–water partition coefficient (Wildman–Crippen LogP) is 1.45. The van der Waals surface area contributed by atoms with Crippen LogP contribution in [0.5, 0.6) is 5.88 Å². The van der Waals surface area contributed by atoms with Gasteiger partial charge in [0.25, 0.3) is 0 Å². The Kier molecular flexibility index (Phi) is 7.03. The zero-order chi connectivity index (χ0) is 19.9. The summed E-state index contributed by atoms with van der Waals surface area (Å²) in [4.78, 5) is 32.7. The number of ether oxygens (including phenoxy) is 1. The van der Waals surface area contributed by atoms with Crippen LogP contribution in [0.1, 0.15) is 24.8 Å². The lowest BCUT2D eigenvalue weighted by molar-refractivity contribution is -0.128. The summed E-state index contributed by atoms with van der Waals surface area (Å²) in [5, 5.41) is 3.07. The van der Waals surface area contributed by atoms with Crippen LogP contribution in [0.3, 0.4) is 0 Å². The molecule has 0 bridgehead atoms. The molecule has 1 unspecified atom stereocenters. The number of carbonyl (C=O) groups is 2. The smallest absolute Gasteiger partial charge is 0.225 e. The molecule has 152 valence electrons. The van der Waals surface area contributed by atoms with E-state index >= 15 is 0 Å². The van der Waals surface area contributed by atoms with E-state index in [1.807, 2.05) is 6.07 Å². The van der Waals surface area contributed by atoms with Crippen LogP contribution in [0, 0.1) is 11.8 Å². The van der Waals surface area contributed by atoms with Gasteiger partial charge in [0.15, 0.2) is 0 Å². The highest BCUT2D eigenvalue weighted by atomic mass is 16.5. The fraction of sp³-hybridized carbons (Fsp3) is 0.571. The molecule has 1 N–H and O–H groups in total. The first-order valence-corrected chi connectivity index (χ1v) is 9.97. The first kappa shape index (κ1) is 20.3. The van der Waals surface area contributed by atoms with Crippen molar-refractivity contribution in [2.45, 2.75) is 25.8 Å². The molecule has 3 rings (SSSR count). The van der Waals surface area contributed by atoms with Gasteiger partial charge in [0.2, 0.25) is 17.7 Å². The van der Waals surface area contributed by atoms with Gasteiger partial charge >= 0.3 is 0 Å². The van der Waals surface area contributed by atoms with Crippen LogP contribution in [0.25, 0.3) is 0 Å². The molecule has 28 heavy (non-hydrogen) atoms. The molecule has 1 aromatic heterocycles. The lowest BCUT2D eigenvalue weighted by Gasteiger charge is -2.32. The number of amides is 2. The van der Waals surface area contributed by atoms with E-state index in [9.17, 15) is 9.59 Å². The van der Waals surface area contributed by atoms with Gasteiger partial charge in [0, 0.05) is 44.4 Å². The summed E-state index contributed by atoms with van der Waals surface area (Å²) in [5.74, 6) is 0.984. The minimum absolute atomic E-state index is 0.00226. The summed E-state index contributed by atoms with van der Waals surface area (Å²) >= 11 is 0. The van der Waals surface area contributed by atoms with Crippen molar-refractivity contribution in [3.63, 3.8) is 0 Å². The van der Waals surface area contributed by atoms with Crippen LogP contribution in [-0.2, 0) is 16.1 Å². The molecule has 1 aromatic rings. The maximum absolute atomic E-state index is 12.4. The van der Waals surface area contributed by atoms with E-state index in [-0.39, 0.29) is 17.7 Å². The zero-order valence-corrected chi connectivity index (χ0v) is 16.6. The second-order valence-corrected chi connectivity index (χ2v) is 7.62. The van der Waals surface area contributed by atoms with Crippen LogP contribution in [-0.4, -0.2) is 66.4 Å². The molecule has 2 fully saturated rings. The summed E-state index contributed by atoms with van der Waals surface area (Å²) in [7, 11) is 1.65. The van der Waals surface area contributed by atoms with Gasteiger partial charge in [-0.15, -0.1) is 6.58 Å². The number of rotatable bonds is 8. The summed E-state index contributed by atoms with van der Waals surface area (Å²) in [6, 6.07) is 3.99. The number of nitrogens with zero attached hydrogens (tertiary/aromatic N) is 3. The average molecular weight is 386 g/mol. The molecule has 0 saturated carbocycles. The minimum atomic E-state index is -0.231. The Morgan fingerprint density at radius 3 is 2.93 bits per heavy atom. The van der Waals surface area contributed by atoms with Crippen molar-refractivity contribution < 1.29 is 14.3 Å². The fourth-order valence-electron chi connectivity index (χ4n) is 3.99. The Bertz CT molecular complexity index is 701. The minimum Gasteiger partial charge on any atom is -0.481 e. The highest BCUT2D eigenvalue weighted by molar-refractivity contribution is 5.89. The molecular formula is C21H30N4O3. The number of hydrogen-bond donors (Lipinski definition) is 1. The quantitative estimate of drug-likeness (QED) is 0.685. The molecular weight excluding hydrogens is 356 g/mol. The monoisotopic (exact) mass is 386 g/mol. The van der Waals surface area contributed by atoms with Crippen LogP contribution in [0.2, 0.25) is 0 Å². The van der Waals surface area contributed by atoms with Crippen molar-refractivity contribution in [1.29, 1.82) is 0 Å². The molecule has 0 aromatic carbocycles. The highest BCUT2D eigenvalue weighted by Gasteiger charge is 2.33. The molecule has 1 atom stereocenters. The van der Waals surface area contributed by atoms with E-state index < -0.39 is 0 Å². The van der Waals surface area contributed by atoms with Gasteiger partial charge in [-0.3, -0.25) is 14.5 Å². The van der Waals surface area contributed by atoms with Gasteiger partial charge in [0.05, 0.1) is 13.0 Å². The van der Waals surface area contributed by atoms with Crippen LogP contribution < -0.4 is 10.1 Å². The second-order valence-electron chi connectivity index (χ2n) is 7.62. The number of aromatic nitrogens is 1. The first-order chi connectivity index (χ1) is 13.6. The number of methoxy groups -OCH3 is 1. The SMILES string of the molecule is C=CCN1CC(C(=O)NCC2CCN(Cc3cccnc3OC)CC2)CC1=O. The molecule has 2 saturated heterocycles. The van der Waals surface area contributed by atoms with Crippen molar-refractivity contribution in [2.75, 3.05) is 39.8 Å². The Balaban J connectivity index is 1.39. The molecule has 2 aliphatic rings. The normalized spacial score (nSPS) is 21.0. The molecule has 2 aliphatic heterocycles. The first-order valence-electron chi connectivity index (χ1n) is 9.97. The predicted molar refractivity (Wildman–Crippen MR) is 107 cm³/mol. The number of piperidine rings is 1. The van der Waals surface area contributed by atoms with Gasteiger partial charge < -0.3 is 15.0 Å². The average Bonchev–Trinajstić information content (AvgIpc) is 3.08. The Morgan fingerprint density at radius 1 is 1.43 bits per heavy atom. The van der Waals surface area contributed by atoms with E-state index in [2.05, 4.69) is 27.8 Å². The molecule has 3 heterocycles. The number of carbonyl (C=O) groups excluding carboxylic acids is 2. The van der Waals surface area contributed by atoms with Crippen molar-refractivity contribution in [3.8, 4) is 5.88 Å². The van der Waals surface area contributed by atoms with Gasteiger partial charge in [-0.05, 0) is 37.9 Å². The molecule has 0 aliphatic carbocycles. The van der Waals surface area contributed by atoms with E-state index in [4.69, 9.17) is 4.74 Å². The lowest BCUT2D eigenvalue weighted by Crippen LogP contribution is -2.40. The Hall–Kier alpha value is -2.41. The molecule has 0 radical (unpaired) electrons. The highest BCUT2D eigenvalue weighted by Crippen LogP contribution is 2.22. The van der Waals surface area contributed by atoms with Crippen LogP contribution in [0.15, 0.2) is 31.0 Å². The third-order valence-electron chi connectivity index (χ3n) is 5.64. The van der Waals surface area contributed by atoms with Crippen molar-refractivity contribution in [1.82, 2.24) is 20.1 Å². The standard InChI is InChI=1S/C21H30N4O3/c1-3-9-25-15-18(12-19(25)26)20(27)23-13-16-6-10-24(11-7-16)14-17-5-4-8-22-21(17)28-2/h3-5,8,16,18H,1,6-7,9-15H2,2H3,(H,23,27). The summed E-state index contributed by atoms with van der Waals surface area (Å²) in [6.45, 7) is 8.19. The van der Waals surface area contributed by atoms with Gasteiger partial charge in [-0.1, -0.05) is 12.1 Å². The van der Waals surface area contributed by atoms with Crippen molar-refractivity contribution >= 4 is 11.8 Å². The number of likely N-dealkylation sites (tertiary alicyclic amines) is 2. The third kappa shape index (κ3) is 5.10. The molecule has 7 heteroatoms. The molecule has 0 spiro atoms. The van der Waals surface area contributed by atoms with Gasteiger partial charge in [-0.25, -0.2) is 4.98 Å². The van der Waals surface area contributed by atoms with E-state index in [1.165, 1.54) is 0 Å². The van der Waals surface area contributed by atoms with Crippen molar-refractivity contribution in [2.24, 2.45) is 11.8 Å². The number of hydrogen-bond acceptors (Lipinski definition) is 5. The van der Waals surface area contributed by atoms with Gasteiger partial charge in [-0.2, -0.15) is 0 Å². The van der Waals surface area contributed by atoms with Gasteiger partial charge in [0.1, 0.15) is 0 Å². The third-order valence-corrected chi connectivity index (χ3v) is 5.64. The Labute approximate surface area is 166 Å².